The quantitative estimate of drug-likeness (QED) is 0.139. The van der Waals surface area contributed by atoms with Crippen molar-refractivity contribution in [3.8, 4) is 17.2 Å². The Kier molecular flexibility index (Phi) is 9.40. The van der Waals surface area contributed by atoms with Crippen molar-refractivity contribution in [2.45, 2.75) is 46.0 Å². The zero-order valence-electron chi connectivity index (χ0n) is 19.7. The molecule has 0 bridgehead atoms. The van der Waals surface area contributed by atoms with E-state index < -0.39 is 8.07 Å². The summed E-state index contributed by atoms with van der Waals surface area (Å²) in [4.78, 5) is 0. The highest BCUT2D eigenvalue weighted by atomic mass is 28.3. The number of allylic oxidation sites excluding steroid dienone is 2. The minimum Gasteiger partial charge on any atom is -0.504 e. The van der Waals surface area contributed by atoms with Crippen molar-refractivity contribution in [1.82, 2.24) is 0 Å². The highest BCUT2D eigenvalue weighted by Crippen LogP contribution is 2.29. The minimum absolute atomic E-state index is 0.133. The van der Waals surface area contributed by atoms with Crippen LogP contribution in [0.15, 0.2) is 42.5 Å². The van der Waals surface area contributed by atoms with Crippen LogP contribution >= 0.6 is 0 Å². The van der Waals surface area contributed by atoms with Crippen molar-refractivity contribution in [1.29, 1.82) is 0 Å². The van der Waals surface area contributed by atoms with Gasteiger partial charge in [-0.3, -0.25) is 0 Å². The molecule has 0 aliphatic carbocycles. The Morgan fingerprint density at radius 2 is 1.84 bits per heavy atom. The summed E-state index contributed by atoms with van der Waals surface area (Å²) in [7, 11) is 0.450. The summed E-state index contributed by atoms with van der Waals surface area (Å²) in [6, 6.07) is 10.6. The summed E-state index contributed by atoms with van der Waals surface area (Å²) >= 11 is 0. The Labute approximate surface area is 188 Å². The van der Waals surface area contributed by atoms with Gasteiger partial charge in [0.1, 0.15) is 5.75 Å². The lowest BCUT2D eigenvalue weighted by Crippen LogP contribution is -2.22. The van der Waals surface area contributed by atoms with Crippen LogP contribution in [0.1, 0.15) is 29.2 Å². The summed E-state index contributed by atoms with van der Waals surface area (Å²) in [6.07, 6.45) is 9.17. The third-order valence-corrected chi connectivity index (χ3v) is 6.71. The van der Waals surface area contributed by atoms with E-state index in [4.69, 9.17) is 14.2 Å². The van der Waals surface area contributed by atoms with Gasteiger partial charge < -0.3 is 19.3 Å². The van der Waals surface area contributed by atoms with Crippen LogP contribution in [-0.4, -0.2) is 33.7 Å². The molecule has 0 saturated carbocycles. The van der Waals surface area contributed by atoms with Crippen LogP contribution in [0.2, 0.25) is 25.7 Å². The number of hydrogen-bond donors (Lipinski definition) is 1. The first-order valence-electron chi connectivity index (χ1n) is 10.7. The molecule has 2 aromatic carbocycles. The maximum atomic E-state index is 9.82. The van der Waals surface area contributed by atoms with Gasteiger partial charge in [-0.15, -0.1) is 0 Å². The van der Waals surface area contributed by atoms with Gasteiger partial charge in [-0.1, -0.05) is 50.0 Å². The Balaban J connectivity index is 2.20. The van der Waals surface area contributed by atoms with Gasteiger partial charge >= 0.3 is 0 Å². The van der Waals surface area contributed by atoms with Gasteiger partial charge in [0.2, 0.25) is 0 Å². The molecule has 31 heavy (non-hydrogen) atoms. The second kappa shape index (κ2) is 11.8. The fourth-order valence-electron chi connectivity index (χ4n) is 3.09. The SMILES string of the molecule is C/C=C\Cc1c(C)cc(OCOCC[Si](C)(C)C)cc1/C=C/c1ccc(O)c(OC)c1. The smallest absolute Gasteiger partial charge is 0.189 e. The molecule has 0 radical (unpaired) electrons. The molecule has 2 rings (SSSR count). The van der Waals surface area contributed by atoms with Crippen molar-refractivity contribution in [3.05, 3.63) is 64.7 Å². The highest BCUT2D eigenvalue weighted by molar-refractivity contribution is 6.76. The molecular formula is C26H36O4Si. The maximum Gasteiger partial charge on any atom is 0.189 e. The van der Waals surface area contributed by atoms with E-state index >= 15 is 0 Å². The molecule has 0 aliphatic heterocycles. The van der Waals surface area contributed by atoms with E-state index in [1.54, 1.807) is 13.2 Å². The first-order valence-corrected chi connectivity index (χ1v) is 14.4. The second-order valence-electron chi connectivity index (χ2n) is 8.83. The van der Waals surface area contributed by atoms with Gasteiger partial charge in [-0.2, -0.15) is 0 Å². The highest BCUT2D eigenvalue weighted by Gasteiger charge is 2.12. The summed E-state index contributed by atoms with van der Waals surface area (Å²) in [5.41, 5.74) is 4.49. The second-order valence-corrected chi connectivity index (χ2v) is 14.4. The lowest BCUT2D eigenvalue weighted by molar-refractivity contribution is 0.0220. The van der Waals surface area contributed by atoms with Crippen LogP contribution in [-0.2, 0) is 11.2 Å². The zero-order chi connectivity index (χ0) is 22.9. The Bertz CT molecular complexity index is 910. The fraction of sp³-hybridized carbons (Fsp3) is 0.385. The van der Waals surface area contributed by atoms with Gasteiger partial charge in [0, 0.05) is 14.7 Å². The molecule has 0 saturated heterocycles. The number of phenols is 1. The Morgan fingerprint density at radius 1 is 1.06 bits per heavy atom. The zero-order valence-corrected chi connectivity index (χ0v) is 20.7. The number of benzene rings is 2. The molecule has 0 aliphatic rings. The first-order chi connectivity index (χ1) is 14.7. The molecule has 0 heterocycles. The molecule has 1 N–H and O–H groups in total. The van der Waals surface area contributed by atoms with Crippen LogP contribution in [0.25, 0.3) is 12.2 Å². The predicted molar refractivity (Wildman–Crippen MR) is 133 cm³/mol. The summed E-state index contributed by atoms with van der Waals surface area (Å²) < 4.78 is 16.8. The average Bonchev–Trinajstić information content (AvgIpc) is 2.71. The minimum atomic E-state index is -1.10. The summed E-state index contributed by atoms with van der Waals surface area (Å²) in [6.45, 7) is 12.2. The number of aromatic hydroxyl groups is 1. The molecule has 0 fully saturated rings. The normalized spacial score (nSPS) is 12.1. The van der Waals surface area contributed by atoms with E-state index in [1.165, 1.54) is 11.1 Å². The number of methoxy groups -OCH3 is 1. The van der Waals surface area contributed by atoms with Crippen LogP contribution in [0, 0.1) is 6.92 Å². The molecule has 0 unspecified atom stereocenters. The number of hydrogen-bond acceptors (Lipinski definition) is 4. The Morgan fingerprint density at radius 3 is 2.52 bits per heavy atom. The molecule has 0 aromatic heterocycles. The molecule has 0 amide bonds. The predicted octanol–water partition coefficient (Wildman–Crippen LogP) is 6.69. The van der Waals surface area contributed by atoms with Gasteiger partial charge in [-0.25, -0.2) is 0 Å². The number of aryl methyl sites for hydroxylation is 1. The third kappa shape index (κ3) is 8.27. The molecule has 0 atom stereocenters. The fourth-order valence-corrected chi connectivity index (χ4v) is 3.84. The lowest BCUT2D eigenvalue weighted by Gasteiger charge is -2.16. The Hall–Kier alpha value is -2.50. The van der Waals surface area contributed by atoms with Gasteiger partial charge in [-0.05, 0) is 72.8 Å². The first kappa shape index (κ1) is 24.8. The van der Waals surface area contributed by atoms with Crippen LogP contribution in [0.4, 0.5) is 0 Å². The van der Waals surface area contributed by atoms with Gasteiger partial charge in [0.05, 0.1) is 7.11 Å². The van der Waals surface area contributed by atoms with Gasteiger partial charge in [0.25, 0.3) is 0 Å². The number of rotatable bonds is 11. The van der Waals surface area contributed by atoms with Crippen molar-refractivity contribution in [3.63, 3.8) is 0 Å². The average molecular weight is 441 g/mol. The van der Waals surface area contributed by atoms with E-state index in [2.05, 4.69) is 56.9 Å². The van der Waals surface area contributed by atoms with E-state index in [-0.39, 0.29) is 12.5 Å². The van der Waals surface area contributed by atoms with Crippen molar-refractivity contribution in [2.24, 2.45) is 0 Å². The number of phenolic OH excluding ortho intramolecular Hbond substituents is 1. The van der Waals surface area contributed by atoms with Crippen LogP contribution in [0.3, 0.4) is 0 Å². The number of ether oxygens (including phenoxy) is 3. The van der Waals surface area contributed by atoms with Crippen molar-refractivity contribution < 1.29 is 19.3 Å². The molecular weight excluding hydrogens is 404 g/mol. The standard InChI is InChI=1S/C26H36O4Si/c1-7-8-9-24-20(2)16-23(30-19-29-14-15-31(4,5)6)18-22(24)12-10-21-11-13-25(27)26(17-21)28-3/h7-8,10-13,16-18,27H,9,14-15,19H2,1-6H3/b8-7-,12-10+. The molecule has 0 spiro atoms. The van der Waals surface area contributed by atoms with Gasteiger partial charge in [0.15, 0.2) is 18.3 Å². The van der Waals surface area contributed by atoms with Crippen molar-refractivity contribution >= 4 is 20.2 Å². The van der Waals surface area contributed by atoms with Crippen LogP contribution in [0.5, 0.6) is 17.2 Å². The monoisotopic (exact) mass is 440 g/mol. The molecule has 5 heteroatoms. The van der Waals surface area contributed by atoms with E-state index in [0.717, 1.165) is 35.9 Å². The third-order valence-electron chi connectivity index (χ3n) is 5.00. The van der Waals surface area contributed by atoms with E-state index in [1.807, 2.05) is 25.1 Å². The topological polar surface area (TPSA) is 47.9 Å². The summed E-state index contributed by atoms with van der Waals surface area (Å²) in [5.74, 6) is 1.39. The van der Waals surface area contributed by atoms with E-state index in [9.17, 15) is 5.11 Å². The lowest BCUT2D eigenvalue weighted by atomic mass is 9.97. The molecule has 4 nitrogen and oxygen atoms in total. The van der Waals surface area contributed by atoms with Crippen LogP contribution < -0.4 is 9.47 Å². The summed E-state index contributed by atoms with van der Waals surface area (Å²) in [5, 5.41) is 9.82. The van der Waals surface area contributed by atoms with E-state index in [0.29, 0.717) is 5.75 Å². The molecule has 2 aromatic rings. The largest absolute Gasteiger partial charge is 0.504 e. The maximum absolute atomic E-state index is 9.82. The van der Waals surface area contributed by atoms with Crippen molar-refractivity contribution in [2.75, 3.05) is 20.5 Å². The molecule has 168 valence electrons.